The second kappa shape index (κ2) is 33.6. The summed E-state index contributed by atoms with van der Waals surface area (Å²) < 4.78 is 87.4. The molecular weight excluding hydrogens is 1160 g/mol. The highest BCUT2D eigenvalue weighted by atomic mass is 32.2. The first kappa shape index (κ1) is 71.8. The minimum absolute atomic E-state index is 0.0321. The average Bonchev–Trinajstić information content (AvgIpc) is 1.77. The summed E-state index contributed by atoms with van der Waals surface area (Å²) in [5.41, 5.74) is 8.51. The van der Waals surface area contributed by atoms with Crippen molar-refractivity contribution in [1.29, 1.82) is 0 Å². The van der Waals surface area contributed by atoms with Crippen molar-refractivity contribution in [1.82, 2.24) is 25.8 Å². The van der Waals surface area contributed by atoms with Crippen LogP contribution in [0.2, 0.25) is 0 Å². The zero-order chi connectivity index (χ0) is 64.2. The molecule has 3 aliphatic carbocycles. The van der Waals surface area contributed by atoms with E-state index in [9.17, 15) is 64.8 Å². The molecule has 24 heteroatoms. The van der Waals surface area contributed by atoms with E-state index in [2.05, 4.69) is 34.3 Å². The Morgan fingerprint density at radius 2 is 1.44 bits per heavy atom. The molecule has 0 saturated heterocycles. The molecule has 9 atom stereocenters. The maximum Gasteiger partial charge on any atom is 0.453 e. The fourth-order valence-electron chi connectivity index (χ4n) is 12.5. The summed E-state index contributed by atoms with van der Waals surface area (Å²) in [5, 5.41) is 21.8. The predicted molar refractivity (Wildman–Crippen MR) is 322 cm³/mol. The Morgan fingerprint density at radius 3 is 2.08 bits per heavy atom. The number of carbonyl (C=O) groups excluding carboxylic acids is 7. The van der Waals surface area contributed by atoms with Gasteiger partial charge in [-0.05, 0) is 140 Å². The van der Waals surface area contributed by atoms with Crippen molar-refractivity contribution in [3.63, 3.8) is 0 Å². The molecule has 0 heterocycles. The van der Waals surface area contributed by atoms with Gasteiger partial charge in [0.25, 0.3) is 0 Å². The molecule has 87 heavy (non-hydrogen) atoms. The predicted octanol–water partition coefficient (Wildman–Crippen LogP) is 10.7. The number of primary amides is 1. The molecule has 2 fully saturated rings. The van der Waals surface area contributed by atoms with E-state index in [4.69, 9.17) is 15.2 Å². The van der Waals surface area contributed by atoms with Crippen molar-refractivity contribution < 1.29 is 74.3 Å². The van der Waals surface area contributed by atoms with Gasteiger partial charge in [0.1, 0.15) is 30.2 Å². The number of alkyl halides is 5. The third-order valence-electron chi connectivity index (χ3n) is 17.8. The van der Waals surface area contributed by atoms with E-state index in [-0.39, 0.29) is 86.8 Å². The lowest BCUT2D eigenvalue weighted by Gasteiger charge is -2.53. The first-order valence-corrected chi connectivity index (χ1v) is 32.5. The number of hydrogen-bond acceptors (Lipinski definition) is 11. The van der Waals surface area contributed by atoms with Crippen LogP contribution < -0.4 is 31.7 Å². The number of urea groups is 1. The van der Waals surface area contributed by atoms with Gasteiger partial charge in [-0.15, -0.1) is 0 Å². The van der Waals surface area contributed by atoms with Crippen LogP contribution in [0.5, 0.6) is 5.75 Å². The third kappa shape index (κ3) is 21.7. The van der Waals surface area contributed by atoms with Crippen molar-refractivity contribution in [2.75, 3.05) is 50.6 Å². The Balaban J connectivity index is 1.07. The van der Waals surface area contributed by atoms with E-state index in [0.717, 1.165) is 82.6 Å². The number of nitrogens with one attached hydrogen (secondary N) is 4. The number of benzene rings is 2. The topological polar surface area (TPSA) is 256 Å². The number of amides is 7. The van der Waals surface area contributed by atoms with Gasteiger partial charge in [0, 0.05) is 86.9 Å². The number of ether oxygens (including phenoxy) is 2. The van der Waals surface area contributed by atoms with Gasteiger partial charge in [-0.3, -0.25) is 23.4 Å². The lowest BCUT2D eigenvalue weighted by Crippen LogP contribution is -2.54. The number of aliphatic hydroxyl groups excluding tert-OH is 1. The molecule has 2 saturated carbocycles. The number of unbranched alkanes of at least 4 members (excludes halogenated alkanes) is 6. The minimum atomic E-state index is -5.60. The SMILES string of the molecule is CC(C)C(=O)CCC(=O)N[C@H](C(=O)N[C@@H](CCCNC(N)=O)C(=O)Nc1ccc(COC(=O)N(C)CCN(C)C(=O)Oc2ccc3c(c2)C[C@@H](CCCCCCCCCS(=O)CCCC(F)(F)C(F)(F)F)[C@@H]2[C@@H]3CC[C@]3(C)[C@@H](O)CC[C@@H]23)cc1)C(C)C. The van der Waals surface area contributed by atoms with Gasteiger partial charge in [0.05, 0.1) is 6.10 Å². The minimum Gasteiger partial charge on any atom is -0.445 e. The van der Waals surface area contributed by atoms with E-state index in [1.54, 1.807) is 66.1 Å². The van der Waals surface area contributed by atoms with Gasteiger partial charge >= 0.3 is 30.3 Å². The van der Waals surface area contributed by atoms with Crippen LogP contribution in [0.15, 0.2) is 42.5 Å². The molecule has 2 aromatic carbocycles. The van der Waals surface area contributed by atoms with Crippen LogP contribution >= 0.6 is 0 Å². The standard InChI is InChI=1S/C63H94F5N7O11S/c1-40(2)51(76)26-28-53(78)73-55(41(3)4)57(80)72-50(18-15-32-70-58(69)81)56(79)71-45-21-19-42(20-22-45)39-85-59(82)74(6)33-34-75(7)60(83)86-46-23-24-47-44(38-46)37-43(54-48(47)29-31-61(5)49(54)25-27-52(61)77)17-13-11-9-8-10-12-14-35-87(84)36-16-30-62(64,65)63(66,67)68/h19-24,38,40-41,43,48-50,52,54-55,77H,8-18,25-37,39H2,1-7H3,(H,71,79)(H,72,80)(H,73,78)(H3,69,70,81)/t43-,48-,49+,50+,52+,54-,55+,61+,87?/m1/s1. The van der Waals surface area contributed by atoms with Crippen LogP contribution in [-0.4, -0.2) is 136 Å². The van der Waals surface area contributed by atoms with Crippen LogP contribution in [0.25, 0.3) is 0 Å². The lowest BCUT2D eigenvalue weighted by atomic mass is 9.52. The van der Waals surface area contributed by atoms with Crippen LogP contribution in [-0.2, 0) is 47.7 Å². The number of hydrogen-bond donors (Lipinski definition) is 6. The maximum absolute atomic E-state index is 13.6. The second-order valence-electron chi connectivity index (χ2n) is 25.0. The Labute approximate surface area is 511 Å². The summed E-state index contributed by atoms with van der Waals surface area (Å²) in [6, 6.07) is 9.64. The number of carbonyl (C=O) groups is 7. The van der Waals surface area contributed by atoms with Gasteiger partial charge in [0.15, 0.2) is 0 Å². The van der Waals surface area contributed by atoms with Crippen LogP contribution in [0.1, 0.15) is 173 Å². The van der Waals surface area contributed by atoms with Crippen LogP contribution in [0.3, 0.4) is 0 Å². The number of aliphatic hydroxyl groups is 1. The van der Waals surface area contributed by atoms with Gasteiger partial charge in [-0.2, -0.15) is 22.0 Å². The Morgan fingerprint density at radius 1 is 0.793 bits per heavy atom. The number of likely N-dealkylation sites (N-methyl/N-ethyl adjacent to an activating group) is 2. The number of ketones is 1. The highest BCUT2D eigenvalue weighted by Gasteiger charge is 2.57. The number of anilines is 1. The van der Waals surface area contributed by atoms with Crippen molar-refractivity contribution in [2.45, 2.75) is 199 Å². The molecule has 0 aliphatic heterocycles. The highest BCUT2D eigenvalue weighted by molar-refractivity contribution is 7.84. The maximum atomic E-state index is 13.6. The van der Waals surface area contributed by atoms with Crippen LogP contribution in [0.4, 0.5) is 42.0 Å². The fourth-order valence-corrected chi connectivity index (χ4v) is 13.7. The second-order valence-corrected chi connectivity index (χ2v) is 26.7. The highest BCUT2D eigenvalue weighted by Crippen LogP contribution is 2.63. The zero-order valence-electron chi connectivity index (χ0n) is 51.7. The van der Waals surface area contributed by atoms with Crippen molar-refractivity contribution in [3.05, 3.63) is 59.2 Å². The summed E-state index contributed by atoms with van der Waals surface area (Å²) in [6.07, 6.45) is 3.38. The number of Topliss-reactive ketones (excluding diaryl/α,β-unsaturated/α-hetero) is 1. The van der Waals surface area contributed by atoms with Gasteiger partial charge < -0.3 is 51.4 Å². The quantitative estimate of drug-likeness (QED) is 0.0284. The molecule has 1 unspecified atom stereocenters. The molecule has 0 spiro atoms. The van der Waals surface area contributed by atoms with Gasteiger partial charge in [-0.25, -0.2) is 14.4 Å². The molecule has 0 radical (unpaired) electrons. The molecule has 7 amide bonds. The lowest BCUT2D eigenvalue weighted by molar-refractivity contribution is -0.284. The van der Waals surface area contributed by atoms with E-state index in [1.807, 2.05) is 12.1 Å². The number of nitrogens with two attached hydrogens (primary N) is 1. The van der Waals surface area contributed by atoms with E-state index in [1.165, 1.54) is 15.4 Å². The molecule has 3 aliphatic rings. The molecule has 18 nitrogen and oxygen atoms in total. The van der Waals surface area contributed by atoms with Crippen LogP contribution in [0, 0.1) is 35.0 Å². The van der Waals surface area contributed by atoms with Gasteiger partial charge in [0.2, 0.25) is 17.7 Å². The summed E-state index contributed by atoms with van der Waals surface area (Å²) in [7, 11) is 1.70. The Kier molecular flexibility index (Phi) is 27.8. The molecule has 0 bridgehead atoms. The first-order valence-electron chi connectivity index (χ1n) is 31.0. The monoisotopic (exact) mass is 1250 g/mol. The fraction of sp³-hybridized carbons (Fsp3) is 0.698. The van der Waals surface area contributed by atoms with Crippen molar-refractivity contribution in [2.24, 2.45) is 40.7 Å². The first-order chi connectivity index (χ1) is 41.0. The molecular formula is C63H94F5N7O11S. The zero-order valence-corrected chi connectivity index (χ0v) is 52.5. The summed E-state index contributed by atoms with van der Waals surface area (Å²) in [6.45, 7) is 9.53. The Hall–Kier alpha value is -5.91. The summed E-state index contributed by atoms with van der Waals surface area (Å²) in [5.74, 6) is -4.98. The number of nitrogens with zero attached hydrogens (tertiary/aromatic N) is 2. The van der Waals surface area contributed by atoms with Crippen molar-refractivity contribution in [3.8, 4) is 5.75 Å². The molecule has 7 N–H and O–H groups in total. The number of rotatable bonds is 34. The van der Waals surface area contributed by atoms with Crippen molar-refractivity contribution >= 4 is 58.2 Å². The van der Waals surface area contributed by atoms with E-state index in [0.29, 0.717) is 52.8 Å². The number of halogens is 5. The molecule has 2 aromatic rings. The molecule has 488 valence electrons. The summed E-state index contributed by atoms with van der Waals surface area (Å²) >= 11 is 0. The van der Waals surface area contributed by atoms with Gasteiger partial charge in [-0.1, -0.05) is 91.3 Å². The summed E-state index contributed by atoms with van der Waals surface area (Å²) in [4.78, 5) is 92.5. The average molecular weight is 1250 g/mol. The van der Waals surface area contributed by atoms with E-state index >= 15 is 0 Å². The van der Waals surface area contributed by atoms with E-state index < -0.39 is 83.8 Å². The normalized spacial score (nSPS) is 20.9. The smallest absolute Gasteiger partial charge is 0.445 e. The molecule has 0 aromatic heterocycles. The number of fused-ring (bicyclic) bond motifs is 5. The largest absolute Gasteiger partial charge is 0.453 e. The Bertz CT molecular complexity index is 2650. The molecule has 5 rings (SSSR count). The third-order valence-corrected chi connectivity index (χ3v) is 19.3.